The minimum Gasteiger partial charge on any atom is -0.350 e. The molecule has 0 saturated carbocycles. The van der Waals surface area contributed by atoms with Gasteiger partial charge < -0.3 is 10.6 Å². The van der Waals surface area contributed by atoms with Crippen LogP contribution in [0.2, 0.25) is 10.2 Å². The predicted molar refractivity (Wildman–Crippen MR) is 129 cm³/mol. The third-order valence-corrected chi connectivity index (χ3v) is 5.32. The molecule has 0 aliphatic carbocycles. The van der Waals surface area contributed by atoms with Crippen molar-refractivity contribution in [3.8, 4) is 0 Å². The van der Waals surface area contributed by atoms with Crippen LogP contribution in [-0.2, 0) is 11.3 Å². The number of aryl methyl sites for hydroxylation is 1. The Bertz CT molecular complexity index is 1150. The number of amides is 2. The highest BCUT2D eigenvalue weighted by Gasteiger charge is 2.13. The maximum atomic E-state index is 12.5. The molecule has 166 valence electrons. The van der Waals surface area contributed by atoms with Gasteiger partial charge in [-0.05, 0) is 50.6 Å². The lowest BCUT2D eigenvalue weighted by Crippen LogP contribution is -2.30. The summed E-state index contributed by atoms with van der Waals surface area (Å²) < 4.78 is 1.69. The van der Waals surface area contributed by atoms with Crippen LogP contribution in [0.25, 0.3) is 6.08 Å². The molecule has 0 atom stereocenters. The Morgan fingerprint density at radius 1 is 1.12 bits per heavy atom. The summed E-state index contributed by atoms with van der Waals surface area (Å²) in [4.78, 5) is 24.7. The number of halogens is 2. The fourth-order valence-corrected chi connectivity index (χ4v) is 3.52. The second kappa shape index (κ2) is 10.5. The Labute approximate surface area is 197 Å². The minimum absolute atomic E-state index is 0.00468. The highest BCUT2D eigenvalue weighted by Crippen LogP contribution is 2.25. The Kier molecular flexibility index (Phi) is 7.72. The molecule has 0 spiro atoms. The highest BCUT2D eigenvalue weighted by atomic mass is 35.5. The van der Waals surface area contributed by atoms with Gasteiger partial charge in [0.1, 0.15) is 5.15 Å². The lowest BCUT2D eigenvalue weighted by atomic mass is 10.1. The molecule has 2 N–H and O–H groups in total. The van der Waals surface area contributed by atoms with Gasteiger partial charge in [-0.1, -0.05) is 53.5 Å². The number of nitrogens with zero attached hydrogens (tertiary/aromatic N) is 2. The molecule has 3 aromatic rings. The van der Waals surface area contributed by atoms with Crippen LogP contribution in [0.5, 0.6) is 0 Å². The lowest BCUT2D eigenvalue weighted by molar-refractivity contribution is -0.111. The van der Waals surface area contributed by atoms with E-state index in [2.05, 4.69) is 15.7 Å². The average molecular weight is 471 g/mol. The van der Waals surface area contributed by atoms with Gasteiger partial charge in [0.05, 0.1) is 22.9 Å². The first-order chi connectivity index (χ1) is 15.2. The number of benzene rings is 2. The van der Waals surface area contributed by atoms with Crippen LogP contribution >= 0.6 is 23.2 Å². The third-order valence-electron chi connectivity index (χ3n) is 4.59. The Morgan fingerprint density at radius 3 is 2.53 bits per heavy atom. The van der Waals surface area contributed by atoms with E-state index < -0.39 is 5.91 Å². The number of carbonyl (C=O) groups excluding carboxylic acids is 2. The van der Waals surface area contributed by atoms with Crippen LogP contribution in [0.15, 0.2) is 54.6 Å². The summed E-state index contributed by atoms with van der Waals surface area (Å²) in [6.45, 7) is 6.10. The van der Waals surface area contributed by atoms with Crippen molar-refractivity contribution in [3.05, 3.63) is 87.2 Å². The van der Waals surface area contributed by atoms with Crippen molar-refractivity contribution >= 4 is 46.8 Å². The molecule has 3 rings (SSSR count). The molecule has 1 heterocycles. The highest BCUT2D eigenvalue weighted by molar-refractivity contribution is 6.34. The topological polar surface area (TPSA) is 76.0 Å². The quantitative estimate of drug-likeness (QED) is 0.457. The van der Waals surface area contributed by atoms with E-state index in [1.165, 1.54) is 6.08 Å². The first kappa shape index (κ1) is 23.6. The molecule has 32 heavy (non-hydrogen) atoms. The van der Waals surface area contributed by atoms with Gasteiger partial charge in [0, 0.05) is 23.2 Å². The van der Waals surface area contributed by atoms with Crippen LogP contribution in [0, 0.1) is 6.92 Å². The number of hydrogen-bond acceptors (Lipinski definition) is 3. The first-order valence-corrected chi connectivity index (χ1v) is 10.9. The van der Waals surface area contributed by atoms with Crippen LogP contribution in [0.1, 0.15) is 41.0 Å². The van der Waals surface area contributed by atoms with Gasteiger partial charge in [-0.25, -0.2) is 4.68 Å². The molecule has 0 unspecified atom stereocenters. The van der Waals surface area contributed by atoms with Crippen LogP contribution in [-0.4, -0.2) is 27.6 Å². The molecule has 0 fully saturated rings. The number of carbonyl (C=O) groups is 2. The summed E-state index contributed by atoms with van der Waals surface area (Å²) in [5.74, 6) is -0.643. The molecule has 0 radical (unpaired) electrons. The van der Waals surface area contributed by atoms with Gasteiger partial charge in [-0.2, -0.15) is 5.10 Å². The van der Waals surface area contributed by atoms with E-state index in [1.807, 2.05) is 51.1 Å². The van der Waals surface area contributed by atoms with Crippen molar-refractivity contribution in [3.63, 3.8) is 0 Å². The SMILES string of the molecule is Cc1nn(Cc2ccccc2)c(Cl)c1C=CC(=O)Nc1cc(C(=O)NC(C)C)ccc1Cl. The molecule has 1 aromatic heterocycles. The van der Waals surface area contributed by atoms with Gasteiger partial charge >= 0.3 is 0 Å². The van der Waals surface area contributed by atoms with Gasteiger partial charge in [0.2, 0.25) is 5.91 Å². The second-order valence-corrected chi connectivity index (χ2v) is 8.34. The van der Waals surface area contributed by atoms with E-state index in [9.17, 15) is 9.59 Å². The first-order valence-electron chi connectivity index (χ1n) is 10.1. The van der Waals surface area contributed by atoms with Gasteiger partial charge in [-0.3, -0.25) is 9.59 Å². The summed E-state index contributed by atoms with van der Waals surface area (Å²) in [7, 11) is 0. The fourth-order valence-electron chi connectivity index (χ4n) is 3.06. The predicted octanol–water partition coefficient (Wildman–Crippen LogP) is 5.34. The fraction of sp³-hybridized carbons (Fsp3) is 0.208. The molecule has 2 aromatic carbocycles. The largest absolute Gasteiger partial charge is 0.350 e. The maximum Gasteiger partial charge on any atom is 0.251 e. The van der Waals surface area contributed by atoms with Crippen molar-refractivity contribution < 1.29 is 9.59 Å². The van der Waals surface area contributed by atoms with Crippen LogP contribution in [0.4, 0.5) is 5.69 Å². The molecule has 0 bridgehead atoms. The van der Waals surface area contributed by atoms with E-state index >= 15 is 0 Å². The number of hydrogen-bond donors (Lipinski definition) is 2. The second-order valence-electron chi connectivity index (χ2n) is 7.58. The Balaban J connectivity index is 1.73. The molecular weight excluding hydrogens is 447 g/mol. The number of aromatic nitrogens is 2. The van der Waals surface area contributed by atoms with Crippen LogP contribution < -0.4 is 10.6 Å². The molecule has 2 amide bonds. The molecular formula is C24H24Cl2N4O2. The summed E-state index contributed by atoms with van der Waals surface area (Å²) in [6.07, 6.45) is 2.98. The van der Waals surface area contributed by atoms with Crippen molar-refractivity contribution in [1.82, 2.24) is 15.1 Å². The average Bonchev–Trinajstić information content (AvgIpc) is 3.00. The lowest BCUT2D eigenvalue weighted by Gasteiger charge is -2.11. The zero-order chi connectivity index (χ0) is 23.3. The normalized spacial score (nSPS) is 11.2. The van der Waals surface area contributed by atoms with E-state index in [1.54, 1.807) is 29.0 Å². The minimum atomic E-state index is -0.403. The summed E-state index contributed by atoms with van der Waals surface area (Å²) >= 11 is 12.7. The van der Waals surface area contributed by atoms with Gasteiger partial charge in [-0.15, -0.1) is 0 Å². The van der Waals surface area contributed by atoms with E-state index in [-0.39, 0.29) is 11.9 Å². The molecule has 6 nitrogen and oxygen atoms in total. The summed E-state index contributed by atoms with van der Waals surface area (Å²) in [5, 5.41) is 10.8. The Hall–Kier alpha value is -3.09. The van der Waals surface area contributed by atoms with Gasteiger partial charge in [0.25, 0.3) is 5.91 Å². The zero-order valence-corrected chi connectivity index (χ0v) is 19.5. The van der Waals surface area contributed by atoms with Crippen molar-refractivity contribution in [2.75, 3.05) is 5.32 Å². The number of rotatable bonds is 7. The number of nitrogens with one attached hydrogen (secondary N) is 2. The van der Waals surface area contributed by atoms with E-state index in [0.29, 0.717) is 39.2 Å². The maximum absolute atomic E-state index is 12.5. The van der Waals surface area contributed by atoms with Crippen molar-refractivity contribution in [1.29, 1.82) is 0 Å². The van der Waals surface area contributed by atoms with Crippen molar-refractivity contribution in [2.45, 2.75) is 33.4 Å². The molecule has 0 saturated heterocycles. The third kappa shape index (κ3) is 5.99. The van der Waals surface area contributed by atoms with E-state index in [4.69, 9.17) is 23.2 Å². The standard InChI is InChI=1S/C24H24Cl2N4O2/c1-15(2)27-24(32)18-9-11-20(25)21(13-18)28-22(31)12-10-19-16(3)29-30(23(19)26)14-17-7-5-4-6-8-17/h4-13,15H,14H2,1-3H3,(H,27,32)(H,28,31). The van der Waals surface area contributed by atoms with E-state index in [0.717, 1.165) is 5.56 Å². The molecule has 0 aliphatic heterocycles. The monoisotopic (exact) mass is 470 g/mol. The molecule has 8 heteroatoms. The van der Waals surface area contributed by atoms with Crippen LogP contribution in [0.3, 0.4) is 0 Å². The Morgan fingerprint density at radius 2 is 1.84 bits per heavy atom. The zero-order valence-electron chi connectivity index (χ0n) is 18.0. The molecule has 0 aliphatic rings. The smallest absolute Gasteiger partial charge is 0.251 e. The summed E-state index contributed by atoms with van der Waals surface area (Å²) in [6, 6.07) is 14.6. The number of anilines is 1. The van der Waals surface area contributed by atoms with Gasteiger partial charge in [0.15, 0.2) is 0 Å². The van der Waals surface area contributed by atoms with Crippen molar-refractivity contribution in [2.24, 2.45) is 0 Å². The summed E-state index contributed by atoms with van der Waals surface area (Å²) in [5.41, 5.74) is 3.19.